The SMILES string of the molecule is CCOc1ccc([C@H](N)c2n[nH]c(Cn3cncn3)n2)cc1OC. The molecule has 0 saturated carbocycles. The summed E-state index contributed by atoms with van der Waals surface area (Å²) in [6, 6.07) is 5.07. The van der Waals surface area contributed by atoms with Gasteiger partial charge in [0.2, 0.25) is 0 Å². The fourth-order valence-electron chi connectivity index (χ4n) is 2.29. The number of aromatic nitrogens is 6. The lowest BCUT2D eigenvalue weighted by Gasteiger charge is -2.13. The van der Waals surface area contributed by atoms with Gasteiger partial charge in [-0.3, -0.25) is 5.10 Å². The molecular formula is C15H19N7O2. The summed E-state index contributed by atoms with van der Waals surface area (Å²) in [5.74, 6) is 2.46. The summed E-state index contributed by atoms with van der Waals surface area (Å²) in [6.07, 6.45) is 3.08. The highest BCUT2D eigenvalue weighted by atomic mass is 16.5. The van der Waals surface area contributed by atoms with Gasteiger partial charge in [-0.05, 0) is 24.6 Å². The normalized spacial score (nSPS) is 12.1. The van der Waals surface area contributed by atoms with E-state index in [1.807, 2.05) is 25.1 Å². The van der Waals surface area contributed by atoms with E-state index in [1.165, 1.54) is 6.33 Å². The second kappa shape index (κ2) is 7.09. The van der Waals surface area contributed by atoms with Gasteiger partial charge in [-0.2, -0.15) is 10.2 Å². The van der Waals surface area contributed by atoms with Crippen LogP contribution in [0.5, 0.6) is 11.5 Å². The predicted molar refractivity (Wildman–Crippen MR) is 85.7 cm³/mol. The van der Waals surface area contributed by atoms with Crippen LogP contribution >= 0.6 is 0 Å². The third-order valence-electron chi connectivity index (χ3n) is 3.45. The Balaban J connectivity index is 1.78. The summed E-state index contributed by atoms with van der Waals surface area (Å²) in [4.78, 5) is 8.31. The predicted octanol–water partition coefficient (Wildman–Crippen LogP) is 0.900. The average molecular weight is 329 g/mol. The second-order valence-corrected chi connectivity index (χ2v) is 5.05. The summed E-state index contributed by atoms with van der Waals surface area (Å²) in [5, 5.41) is 11.1. The summed E-state index contributed by atoms with van der Waals surface area (Å²) in [5.41, 5.74) is 7.11. The first-order chi connectivity index (χ1) is 11.7. The van der Waals surface area contributed by atoms with Crippen molar-refractivity contribution in [3.8, 4) is 11.5 Å². The average Bonchev–Trinajstić information content (AvgIpc) is 3.27. The van der Waals surface area contributed by atoms with Gasteiger partial charge >= 0.3 is 0 Å². The van der Waals surface area contributed by atoms with Gasteiger partial charge in [0.05, 0.1) is 19.8 Å². The van der Waals surface area contributed by atoms with Gasteiger partial charge in [0, 0.05) is 0 Å². The lowest BCUT2D eigenvalue weighted by atomic mass is 10.1. The number of methoxy groups -OCH3 is 1. The topological polar surface area (TPSA) is 117 Å². The van der Waals surface area contributed by atoms with Crippen LogP contribution in [0.4, 0.5) is 0 Å². The molecule has 0 fully saturated rings. The Morgan fingerprint density at radius 2 is 2.21 bits per heavy atom. The molecule has 0 aliphatic heterocycles. The van der Waals surface area contributed by atoms with E-state index in [0.29, 0.717) is 36.3 Å². The zero-order valence-corrected chi connectivity index (χ0v) is 13.5. The van der Waals surface area contributed by atoms with Crippen LogP contribution < -0.4 is 15.2 Å². The van der Waals surface area contributed by atoms with Gasteiger partial charge < -0.3 is 15.2 Å². The van der Waals surface area contributed by atoms with Crippen LogP contribution in [0, 0.1) is 0 Å². The molecule has 0 aliphatic rings. The van der Waals surface area contributed by atoms with Gasteiger partial charge in [-0.25, -0.2) is 14.6 Å². The molecule has 0 unspecified atom stereocenters. The zero-order valence-electron chi connectivity index (χ0n) is 13.5. The van der Waals surface area contributed by atoms with E-state index in [-0.39, 0.29) is 0 Å². The van der Waals surface area contributed by atoms with E-state index in [4.69, 9.17) is 15.2 Å². The van der Waals surface area contributed by atoms with Crippen molar-refractivity contribution in [2.75, 3.05) is 13.7 Å². The van der Waals surface area contributed by atoms with Crippen molar-refractivity contribution >= 4 is 0 Å². The Hall–Kier alpha value is -2.94. The van der Waals surface area contributed by atoms with Crippen molar-refractivity contribution in [2.24, 2.45) is 5.73 Å². The van der Waals surface area contributed by atoms with Crippen LogP contribution in [0.3, 0.4) is 0 Å². The van der Waals surface area contributed by atoms with Gasteiger partial charge in [0.1, 0.15) is 25.0 Å². The lowest BCUT2D eigenvalue weighted by Crippen LogP contribution is -2.14. The highest BCUT2D eigenvalue weighted by Crippen LogP contribution is 2.30. The van der Waals surface area contributed by atoms with Crippen molar-refractivity contribution in [3.05, 3.63) is 48.1 Å². The fraction of sp³-hybridized carbons (Fsp3) is 0.333. The van der Waals surface area contributed by atoms with Crippen LogP contribution in [0.15, 0.2) is 30.9 Å². The smallest absolute Gasteiger partial charge is 0.171 e. The Bertz CT molecular complexity index is 785. The molecule has 3 rings (SSSR count). The molecule has 0 radical (unpaired) electrons. The number of benzene rings is 1. The molecule has 0 aliphatic carbocycles. The molecule has 2 aromatic heterocycles. The number of aromatic amines is 1. The molecule has 2 heterocycles. The van der Waals surface area contributed by atoms with Crippen molar-refractivity contribution in [3.63, 3.8) is 0 Å². The van der Waals surface area contributed by atoms with Crippen molar-refractivity contribution in [1.82, 2.24) is 29.9 Å². The van der Waals surface area contributed by atoms with E-state index < -0.39 is 6.04 Å². The maximum absolute atomic E-state index is 6.27. The first-order valence-electron chi connectivity index (χ1n) is 7.51. The third-order valence-corrected chi connectivity index (χ3v) is 3.45. The molecule has 0 bridgehead atoms. The number of ether oxygens (including phenoxy) is 2. The minimum atomic E-state index is -0.477. The summed E-state index contributed by atoms with van der Waals surface area (Å²) < 4.78 is 12.5. The van der Waals surface area contributed by atoms with Gasteiger partial charge in [-0.15, -0.1) is 0 Å². The number of nitrogens with two attached hydrogens (primary N) is 1. The molecular weight excluding hydrogens is 310 g/mol. The maximum Gasteiger partial charge on any atom is 0.171 e. The fourth-order valence-corrected chi connectivity index (χ4v) is 2.29. The van der Waals surface area contributed by atoms with E-state index in [2.05, 4.69) is 25.3 Å². The molecule has 126 valence electrons. The van der Waals surface area contributed by atoms with Crippen LogP contribution in [0.25, 0.3) is 0 Å². The summed E-state index contributed by atoms with van der Waals surface area (Å²) in [6.45, 7) is 2.93. The largest absolute Gasteiger partial charge is 0.493 e. The van der Waals surface area contributed by atoms with Crippen molar-refractivity contribution in [2.45, 2.75) is 19.5 Å². The van der Waals surface area contributed by atoms with E-state index in [9.17, 15) is 0 Å². The molecule has 1 atom stereocenters. The second-order valence-electron chi connectivity index (χ2n) is 5.05. The van der Waals surface area contributed by atoms with Crippen LogP contribution in [0.2, 0.25) is 0 Å². The number of rotatable bonds is 7. The molecule has 0 spiro atoms. The standard InChI is InChI=1S/C15H19N7O2/c1-3-24-11-5-4-10(6-12(11)23-2)14(16)15-19-13(20-21-15)7-22-9-17-8-18-22/h4-6,8-9,14H,3,7,16H2,1-2H3,(H,19,20,21)/t14-/m0/s1. The molecule has 9 heteroatoms. The molecule has 9 nitrogen and oxygen atoms in total. The summed E-state index contributed by atoms with van der Waals surface area (Å²) in [7, 11) is 1.59. The Kier molecular flexibility index (Phi) is 4.71. The molecule has 24 heavy (non-hydrogen) atoms. The van der Waals surface area contributed by atoms with Crippen LogP contribution in [-0.2, 0) is 6.54 Å². The van der Waals surface area contributed by atoms with Gasteiger partial charge in [-0.1, -0.05) is 6.07 Å². The number of H-pyrrole nitrogens is 1. The van der Waals surface area contributed by atoms with Crippen LogP contribution in [0.1, 0.15) is 30.2 Å². The number of hydrogen-bond donors (Lipinski definition) is 2. The van der Waals surface area contributed by atoms with Crippen molar-refractivity contribution < 1.29 is 9.47 Å². The number of nitrogens with one attached hydrogen (secondary N) is 1. The Morgan fingerprint density at radius 1 is 1.33 bits per heavy atom. The minimum absolute atomic E-state index is 0.451. The molecule has 3 aromatic rings. The first kappa shape index (κ1) is 15.9. The quantitative estimate of drug-likeness (QED) is 0.661. The molecule has 0 amide bonds. The molecule has 1 aromatic carbocycles. The lowest BCUT2D eigenvalue weighted by molar-refractivity contribution is 0.310. The van der Waals surface area contributed by atoms with Gasteiger partial charge in [0.25, 0.3) is 0 Å². The zero-order chi connectivity index (χ0) is 16.9. The Labute approximate surface area is 138 Å². The van der Waals surface area contributed by atoms with E-state index in [1.54, 1.807) is 18.1 Å². The van der Waals surface area contributed by atoms with E-state index in [0.717, 1.165) is 5.56 Å². The number of hydrogen-bond acceptors (Lipinski definition) is 7. The first-order valence-corrected chi connectivity index (χ1v) is 7.51. The van der Waals surface area contributed by atoms with Crippen LogP contribution in [-0.4, -0.2) is 43.7 Å². The monoisotopic (exact) mass is 329 g/mol. The Morgan fingerprint density at radius 3 is 2.92 bits per heavy atom. The van der Waals surface area contributed by atoms with Crippen molar-refractivity contribution in [1.29, 1.82) is 0 Å². The van der Waals surface area contributed by atoms with E-state index >= 15 is 0 Å². The molecule has 0 saturated heterocycles. The highest BCUT2D eigenvalue weighted by molar-refractivity contribution is 5.44. The third kappa shape index (κ3) is 3.35. The summed E-state index contributed by atoms with van der Waals surface area (Å²) >= 11 is 0. The highest BCUT2D eigenvalue weighted by Gasteiger charge is 2.17. The maximum atomic E-state index is 6.27. The van der Waals surface area contributed by atoms with Gasteiger partial charge in [0.15, 0.2) is 17.3 Å². The molecule has 3 N–H and O–H groups in total. The number of nitrogens with zero attached hydrogens (tertiary/aromatic N) is 5. The minimum Gasteiger partial charge on any atom is -0.493 e.